The number of para-hydroxylation sites is 1. The molecule has 0 saturated heterocycles. The van der Waals surface area contributed by atoms with E-state index in [4.69, 9.17) is 5.26 Å². The molecule has 2 heterocycles. The van der Waals surface area contributed by atoms with Gasteiger partial charge >= 0.3 is 0 Å². The van der Waals surface area contributed by atoms with Gasteiger partial charge in [-0.15, -0.1) is 0 Å². The Kier molecular flexibility index (Phi) is 5.51. The van der Waals surface area contributed by atoms with Gasteiger partial charge in [-0.05, 0) is 42.8 Å². The van der Waals surface area contributed by atoms with E-state index in [0.29, 0.717) is 28.0 Å². The number of fused-ring (bicyclic) bond motifs is 1. The van der Waals surface area contributed by atoms with Crippen molar-refractivity contribution in [2.75, 3.05) is 17.7 Å². The summed E-state index contributed by atoms with van der Waals surface area (Å²) in [6, 6.07) is 16.2. The molecule has 0 aliphatic carbocycles. The van der Waals surface area contributed by atoms with E-state index in [2.05, 4.69) is 37.2 Å². The lowest BCUT2D eigenvalue weighted by Gasteiger charge is -2.14. The van der Waals surface area contributed by atoms with Gasteiger partial charge in [-0.3, -0.25) is 14.7 Å². The highest BCUT2D eigenvalue weighted by atomic mass is 16.2. The normalized spacial score (nSPS) is 10.4. The Labute approximate surface area is 183 Å². The highest BCUT2D eigenvalue weighted by Gasteiger charge is 2.18. The van der Waals surface area contributed by atoms with Gasteiger partial charge in [0.05, 0.1) is 28.4 Å². The first kappa shape index (κ1) is 20.6. The molecule has 4 rings (SSSR count). The van der Waals surface area contributed by atoms with Crippen LogP contribution in [0.3, 0.4) is 0 Å². The first-order chi connectivity index (χ1) is 15.5. The van der Waals surface area contributed by atoms with Crippen LogP contribution >= 0.6 is 0 Å². The molecule has 0 aliphatic rings. The van der Waals surface area contributed by atoms with Gasteiger partial charge in [0.1, 0.15) is 0 Å². The summed E-state index contributed by atoms with van der Waals surface area (Å²) in [6.07, 6.45) is 1.43. The molecule has 0 atom stereocenters. The number of nitriles is 1. The van der Waals surface area contributed by atoms with Crippen molar-refractivity contribution >= 4 is 39.9 Å². The van der Waals surface area contributed by atoms with Gasteiger partial charge in [0.2, 0.25) is 0 Å². The minimum absolute atomic E-state index is 0.129. The highest BCUT2D eigenvalue weighted by Crippen LogP contribution is 2.27. The largest absolute Gasteiger partial charge is 0.355 e. The minimum Gasteiger partial charge on any atom is -0.355 e. The molecule has 4 N–H and O–H groups in total. The summed E-state index contributed by atoms with van der Waals surface area (Å²) in [7, 11) is 1.52. The number of hydrogen-bond donors (Lipinski definition) is 4. The number of rotatable bonds is 5. The van der Waals surface area contributed by atoms with Crippen LogP contribution in [-0.4, -0.2) is 34.0 Å². The van der Waals surface area contributed by atoms with Crippen LogP contribution in [0, 0.1) is 18.3 Å². The van der Waals surface area contributed by atoms with E-state index in [-0.39, 0.29) is 17.2 Å². The Hall–Kier alpha value is -4.71. The molecule has 0 saturated carbocycles. The predicted octanol–water partition coefficient (Wildman–Crippen LogP) is 3.49. The number of pyridine rings is 1. The van der Waals surface area contributed by atoms with E-state index in [9.17, 15) is 9.59 Å². The molecule has 0 radical (unpaired) electrons. The number of aryl methyl sites for hydroxylation is 1. The monoisotopic (exact) mass is 425 g/mol. The van der Waals surface area contributed by atoms with Gasteiger partial charge in [-0.25, -0.2) is 4.98 Å². The molecule has 2 aromatic heterocycles. The molecule has 0 fully saturated rings. The number of carbonyl (C=O) groups excluding carboxylic acids is 2. The number of H-pyrrole nitrogens is 1. The van der Waals surface area contributed by atoms with Crippen LogP contribution in [0.25, 0.3) is 10.9 Å². The lowest BCUT2D eigenvalue weighted by molar-refractivity contribution is 0.0961. The topological polar surface area (TPSA) is 136 Å². The highest BCUT2D eigenvalue weighted by molar-refractivity contribution is 6.12. The summed E-state index contributed by atoms with van der Waals surface area (Å²) in [6.45, 7) is 1.95. The Bertz CT molecular complexity index is 1380. The summed E-state index contributed by atoms with van der Waals surface area (Å²) < 4.78 is 0. The Morgan fingerprint density at radius 1 is 1.06 bits per heavy atom. The van der Waals surface area contributed by atoms with Gasteiger partial charge in [0.25, 0.3) is 11.8 Å². The zero-order valence-electron chi connectivity index (χ0n) is 17.4. The van der Waals surface area contributed by atoms with Gasteiger partial charge in [-0.2, -0.15) is 10.4 Å². The van der Waals surface area contributed by atoms with E-state index in [1.165, 1.54) is 13.2 Å². The fourth-order valence-corrected chi connectivity index (χ4v) is 3.21. The second-order valence-electron chi connectivity index (χ2n) is 7.04. The lowest BCUT2D eigenvalue weighted by Crippen LogP contribution is -2.20. The molecule has 2 aromatic carbocycles. The van der Waals surface area contributed by atoms with E-state index in [1.54, 1.807) is 24.3 Å². The first-order valence-corrected chi connectivity index (χ1v) is 9.74. The fourth-order valence-electron chi connectivity index (χ4n) is 3.21. The molecule has 2 amide bonds. The van der Waals surface area contributed by atoms with Crippen molar-refractivity contribution in [1.29, 1.82) is 5.26 Å². The van der Waals surface area contributed by atoms with Crippen LogP contribution in [0.5, 0.6) is 0 Å². The second-order valence-corrected chi connectivity index (χ2v) is 7.04. The molecule has 0 bridgehead atoms. The second kappa shape index (κ2) is 8.57. The van der Waals surface area contributed by atoms with E-state index >= 15 is 0 Å². The summed E-state index contributed by atoms with van der Waals surface area (Å²) >= 11 is 0. The maximum absolute atomic E-state index is 13.1. The average molecular weight is 425 g/mol. The summed E-state index contributed by atoms with van der Waals surface area (Å²) in [4.78, 5) is 29.5. The third-order valence-electron chi connectivity index (χ3n) is 4.93. The van der Waals surface area contributed by atoms with Gasteiger partial charge < -0.3 is 16.0 Å². The van der Waals surface area contributed by atoms with Crippen molar-refractivity contribution in [2.45, 2.75) is 6.92 Å². The number of hydrogen-bond acceptors (Lipinski definition) is 6. The Morgan fingerprint density at radius 3 is 2.62 bits per heavy atom. The smallest absolute Gasteiger partial charge is 0.276 e. The van der Waals surface area contributed by atoms with Crippen LogP contribution in [0.1, 0.15) is 32.0 Å². The number of aromatic amines is 1. The minimum atomic E-state index is -0.505. The molecular formula is C23H19N7O2. The zero-order valence-corrected chi connectivity index (χ0v) is 17.4. The Morgan fingerprint density at radius 2 is 1.88 bits per heavy atom. The molecule has 9 heteroatoms. The summed E-state index contributed by atoms with van der Waals surface area (Å²) in [5, 5.41) is 25.1. The molecule has 32 heavy (non-hydrogen) atoms. The third kappa shape index (κ3) is 3.97. The standard InChI is InChI=1S/C23H19N7O2/c1-13-5-3-4-6-17(13)27-21-19(10-15(12-26-21)22(31)25-2)28-23(32)20-16-9-14(11-24)7-8-18(16)29-30-20/h3-10,12H,1-2H3,(H,25,31)(H,26,27)(H,28,32)(H,29,30). The quantitative estimate of drug-likeness (QED) is 0.386. The number of carbonyl (C=O) groups is 2. The van der Waals surface area contributed by atoms with Crippen LogP contribution in [-0.2, 0) is 0 Å². The molecule has 9 nitrogen and oxygen atoms in total. The summed E-state index contributed by atoms with van der Waals surface area (Å²) in [5.41, 5.74) is 3.58. The van der Waals surface area contributed by atoms with Gasteiger partial charge in [-0.1, -0.05) is 18.2 Å². The molecule has 0 aliphatic heterocycles. The number of aromatic nitrogens is 3. The van der Waals surface area contributed by atoms with Crippen molar-refractivity contribution in [2.24, 2.45) is 0 Å². The van der Waals surface area contributed by atoms with Crippen LogP contribution < -0.4 is 16.0 Å². The number of nitrogens with zero attached hydrogens (tertiary/aromatic N) is 3. The maximum Gasteiger partial charge on any atom is 0.276 e. The Balaban J connectivity index is 1.72. The molecule has 0 unspecified atom stereocenters. The van der Waals surface area contributed by atoms with Crippen molar-refractivity contribution in [3.63, 3.8) is 0 Å². The van der Waals surface area contributed by atoms with Crippen LogP contribution in [0.15, 0.2) is 54.7 Å². The third-order valence-corrected chi connectivity index (χ3v) is 4.93. The SMILES string of the molecule is CNC(=O)c1cnc(Nc2ccccc2C)c(NC(=O)c2n[nH]c3ccc(C#N)cc23)c1. The number of amides is 2. The maximum atomic E-state index is 13.1. The average Bonchev–Trinajstić information content (AvgIpc) is 3.24. The first-order valence-electron chi connectivity index (χ1n) is 9.74. The van der Waals surface area contributed by atoms with Crippen molar-refractivity contribution in [3.8, 4) is 6.07 Å². The van der Waals surface area contributed by atoms with Gasteiger partial charge in [0.15, 0.2) is 11.5 Å². The summed E-state index contributed by atoms with van der Waals surface area (Å²) in [5.74, 6) is -0.466. The molecule has 4 aromatic rings. The van der Waals surface area contributed by atoms with Crippen LogP contribution in [0.4, 0.5) is 17.2 Å². The van der Waals surface area contributed by atoms with Crippen molar-refractivity contribution in [3.05, 3.63) is 77.1 Å². The number of benzene rings is 2. The molecule has 158 valence electrons. The predicted molar refractivity (Wildman–Crippen MR) is 121 cm³/mol. The lowest BCUT2D eigenvalue weighted by atomic mass is 10.1. The molecular weight excluding hydrogens is 406 g/mol. The van der Waals surface area contributed by atoms with E-state index < -0.39 is 5.91 Å². The van der Waals surface area contributed by atoms with Crippen molar-refractivity contribution in [1.82, 2.24) is 20.5 Å². The van der Waals surface area contributed by atoms with Crippen LogP contribution in [0.2, 0.25) is 0 Å². The van der Waals surface area contributed by atoms with E-state index in [1.807, 2.05) is 31.2 Å². The van der Waals surface area contributed by atoms with E-state index in [0.717, 1.165) is 11.3 Å². The number of anilines is 3. The molecule has 0 spiro atoms. The fraction of sp³-hybridized carbons (Fsp3) is 0.0870. The number of nitrogens with one attached hydrogen (secondary N) is 4. The van der Waals surface area contributed by atoms with Gasteiger partial charge in [0, 0.05) is 24.3 Å². The van der Waals surface area contributed by atoms with Crippen molar-refractivity contribution < 1.29 is 9.59 Å². The zero-order chi connectivity index (χ0) is 22.7.